The number of carbonyl (C=O) groups excluding carboxylic acids is 1. The molecule has 1 heterocycles. The van der Waals surface area contributed by atoms with Gasteiger partial charge in [-0.2, -0.15) is 0 Å². The molecule has 1 saturated heterocycles. The summed E-state index contributed by atoms with van der Waals surface area (Å²) in [6, 6.07) is 8.77. The summed E-state index contributed by atoms with van der Waals surface area (Å²) in [6.45, 7) is 11.9. The first-order valence-corrected chi connectivity index (χ1v) is 8.58. The van der Waals surface area contributed by atoms with Crippen LogP contribution in [-0.2, 0) is 4.74 Å². The summed E-state index contributed by atoms with van der Waals surface area (Å²) in [6.07, 6.45) is 0. The van der Waals surface area contributed by atoms with Crippen LogP contribution in [0.1, 0.15) is 49.5 Å². The summed E-state index contributed by atoms with van der Waals surface area (Å²) in [4.78, 5) is 17.2. The fourth-order valence-electron chi connectivity index (χ4n) is 3.35. The number of hydrogen-bond donors (Lipinski definition) is 0. The molecule has 1 aliphatic heterocycles. The molecule has 0 aliphatic carbocycles. The lowest BCUT2D eigenvalue weighted by Crippen LogP contribution is -2.58. The van der Waals surface area contributed by atoms with Gasteiger partial charge in [-0.3, -0.25) is 9.69 Å². The molecule has 1 amide bonds. The molecule has 0 aromatic heterocycles. The second-order valence-corrected chi connectivity index (χ2v) is 6.92. The van der Waals surface area contributed by atoms with Gasteiger partial charge in [-0.15, -0.1) is 0 Å². The van der Waals surface area contributed by atoms with Crippen LogP contribution in [0, 0.1) is 0 Å². The number of rotatable bonds is 5. The highest BCUT2D eigenvalue weighted by Gasteiger charge is 2.31. The number of amides is 1. The van der Waals surface area contributed by atoms with Crippen molar-refractivity contribution < 1.29 is 9.53 Å². The van der Waals surface area contributed by atoms with Gasteiger partial charge in [0.2, 0.25) is 0 Å². The molecule has 128 valence electrons. The molecule has 0 radical (unpaired) electrons. The van der Waals surface area contributed by atoms with E-state index in [2.05, 4.69) is 44.7 Å². The topological polar surface area (TPSA) is 32.8 Å². The number of hydrogen-bond acceptors (Lipinski definition) is 3. The van der Waals surface area contributed by atoms with E-state index in [1.165, 1.54) is 5.56 Å². The van der Waals surface area contributed by atoms with Gasteiger partial charge in [0.1, 0.15) is 0 Å². The summed E-state index contributed by atoms with van der Waals surface area (Å²) < 4.78 is 5.19. The van der Waals surface area contributed by atoms with E-state index in [4.69, 9.17) is 4.74 Å². The van der Waals surface area contributed by atoms with Gasteiger partial charge in [-0.05, 0) is 37.5 Å². The molecule has 0 saturated carbocycles. The zero-order chi connectivity index (χ0) is 17.0. The van der Waals surface area contributed by atoms with Crippen molar-refractivity contribution in [3.05, 3.63) is 35.4 Å². The number of carbonyl (C=O) groups is 1. The second kappa shape index (κ2) is 7.93. The first kappa shape index (κ1) is 18.0. The molecule has 1 fully saturated rings. The highest BCUT2D eigenvalue weighted by molar-refractivity contribution is 5.94. The molecule has 0 bridgehead atoms. The Balaban J connectivity index is 2.03. The highest BCUT2D eigenvalue weighted by Crippen LogP contribution is 2.19. The van der Waals surface area contributed by atoms with Gasteiger partial charge in [0.15, 0.2) is 0 Å². The lowest BCUT2D eigenvalue weighted by molar-refractivity contribution is 0.0193. The van der Waals surface area contributed by atoms with Crippen LogP contribution < -0.4 is 0 Å². The molecular weight excluding hydrogens is 288 g/mol. The van der Waals surface area contributed by atoms with E-state index in [-0.39, 0.29) is 5.91 Å². The number of nitrogens with zero attached hydrogens (tertiary/aromatic N) is 2. The van der Waals surface area contributed by atoms with Gasteiger partial charge in [0.05, 0.1) is 6.61 Å². The first-order valence-electron chi connectivity index (χ1n) is 8.58. The molecule has 2 rings (SSSR count). The van der Waals surface area contributed by atoms with Crippen molar-refractivity contribution >= 4 is 5.91 Å². The number of ether oxygens (including phenoxy) is 1. The van der Waals surface area contributed by atoms with E-state index in [0.717, 1.165) is 31.8 Å². The zero-order valence-corrected chi connectivity index (χ0v) is 15.1. The van der Waals surface area contributed by atoms with Gasteiger partial charge >= 0.3 is 0 Å². The maximum atomic E-state index is 12.8. The Morgan fingerprint density at radius 3 is 2.22 bits per heavy atom. The van der Waals surface area contributed by atoms with Crippen LogP contribution in [-0.4, -0.2) is 61.1 Å². The molecule has 4 nitrogen and oxygen atoms in total. The molecule has 1 aromatic rings. The molecular formula is C19H30N2O2. The average Bonchev–Trinajstić information content (AvgIpc) is 2.53. The van der Waals surface area contributed by atoms with E-state index < -0.39 is 0 Å². The Kier molecular flexibility index (Phi) is 6.19. The van der Waals surface area contributed by atoms with Crippen molar-refractivity contribution in [1.29, 1.82) is 0 Å². The quantitative estimate of drug-likeness (QED) is 0.837. The third kappa shape index (κ3) is 4.33. The van der Waals surface area contributed by atoms with Crippen molar-refractivity contribution in [1.82, 2.24) is 9.80 Å². The maximum absolute atomic E-state index is 12.8. The van der Waals surface area contributed by atoms with Crippen LogP contribution in [0.4, 0.5) is 0 Å². The van der Waals surface area contributed by atoms with E-state index >= 15 is 0 Å². The molecule has 4 heteroatoms. The van der Waals surface area contributed by atoms with Crippen LogP contribution in [0.2, 0.25) is 0 Å². The Bertz CT molecular complexity index is 501. The number of piperazine rings is 1. The highest BCUT2D eigenvalue weighted by atomic mass is 16.5. The van der Waals surface area contributed by atoms with Gasteiger partial charge in [0.25, 0.3) is 5.91 Å². The fourth-order valence-corrected chi connectivity index (χ4v) is 3.35. The smallest absolute Gasteiger partial charge is 0.253 e. The third-order valence-corrected chi connectivity index (χ3v) is 4.77. The molecule has 1 aliphatic rings. The van der Waals surface area contributed by atoms with Crippen LogP contribution in [0.15, 0.2) is 24.3 Å². The summed E-state index contributed by atoms with van der Waals surface area (Å²) in [5, 5.41) is 0. The zero-order valence-electron chi connectivity index (χ0n) is 15.1. The standard InChI is InChI=1S/C19H30N2O2/c1-14(2)17-6-8-18(9-7-17)19(22)20-12-15(3)21(10-11-23-5)16(4)13-20/h6-9,14-16H,10-13H2,1-5H3. The van der Waals surface area contributed by atoms with Gasteiger partial charge in [-0.1, -0.05) is 26.0 Å². The molecule has 0 spiro atoms. The Hall–Kier alpha value is -1.39. The summed E-state index contributed by atoms with van der Waals surface area (Å²) in [5.74, 6) is 0.633. The first-order chi connectivity index (χ1) is 10.9. The van der Waals surface area contributed by atoms with Crippen LogP contribution in [0.25, 0.3) is 0 Å². The van der Waals surface area contributed by atoms with Crippen molar-refractivity contribution in [2.75, 3.05) is 33.4 Å². The normalized spacial score (nSPS) is 22.6. The minimum absolute atomic E-state index is 0.144. The van der Waals surface area contributed by atoms with Crippen LogP contribution in [0.5, 0.6) is 0 Å². The van der Waals surface area contributed by atoms with Gasteiger partial charge in [0, 0.05) is 44.4 Å². The Morgan fingerprint density at radius 2 is 1.74 bits per heavy atom. The largest absolute Gasteiger partial charge is 0.383 e. The van der Waals surface area contributed by atoms with Crippen LogP contribution >= 0.6 is 0 Å². The van der Waals surface area contributed by atoms with Crippen molar-refractivity contribution in [3.8, 4) is 0 Å². The maximum Gasteiger partial charge on any atom is 0.253 e. The number of methoxy groups -OCH3 is 1. The molecule has 2 unspecified atom stereocenters. The third-order valence-electron chi connectivity index (χ3n) is 4.77. The summed E-state index contributed by atoms with van der Waals surface area (Å²) >= 11 is 0. The minimum Gasteiger partial charge on any atom is -0.383 e. The lowest BCUT2D eigenvalue weighted by atomic mass is 10.0. The molecule has 0 N–H and O–H groups in total. The van der Waals surface area contributed by atoms with E-state index in [1.807, 2.05) is 17.0 Å². The minimum atomic E-state index is 0.144. The van der Waals surface area contributed by atoms with Gasteiger partial charge < -0.3 is 9.64 Å². The van der Waals surface area contributed by atoms with Crippen LogP contribution in [0.3, 0.4) is 0 Å². The predicted octanol–water partition coefficient (Wildman–Crippen LogP) is 2.99. The van der Waals surface area contributed by atoms with Crippen molar-refractivity contribution in [2.45, 2.75) is 45.7 Å². The lowest BCUT2D eigenvalue weighted by Gasteiger charge is -2.44. The Morgan fingerprint density at radius 1 is 1.17 bits per heavy atom. The Labute approximate surface area is 140 Å². The predicted molar refractivity (Wildman–Crippen MR) is 93.9 cm³/mol. The second-order valence-electron chi connectivity index (χ2n) is 6.92. The van der Waals surface area contributed by atoms with Crippen molar-refractivity contribution in [3.63, 3.8) is 0 Å². The van der Waals surface area contributed by atoms with Gasteiger partial charge in [-0.25, -0.2) is 0 Å². The summed E-state index contributed by atoms with van der Waals surface area (Å²) in [5.41, 5.74) is 2.06. The fraction of sp³-hybridized carbons (Fsp3) is 0.632. The molecule has 1 aromatic carbocycles. The molecule has 2 atom stereocenters. The summed E-state index contributed by atoms with van der Waals surface area (Å²) in [7, 11) is 1.73. The van der Waals surface area contributed by atoms with E-state index in [1.54, 1.807) is 7.11 Å². The van der Waals surface area contributed by atoms with Crippen molar-refractivity contribution in [2.24, 2.45) is 0 Å². The molecule has 23 heavy (non-hydrogen) atoms. The monoisotopic (exact) mass is 318 g/mol. The SMILES string of the molecule is COCCN1C(C)CN(C(=O)c2ccc(C(C)C)cc2)CC1C. The number of benzene rings is 1. The van der Waals surface area contributed by atoms with E-state index in [9.17, 15) is 4.79 Å². The average molecular weight is 318 g/mol. The van der Waals surface area contributed by atoms with E-state index in [0.29, 0.717) is 18.0 Å².